The molecule has 1 aliphatic rings. The van der Waals surface area contributed by atoms with Crippen molar-refractivity contribution in [1.29, 1.82) is 0 Å². The molecular weight excluding hydrogens is 318 g/mol. The Hall–Kier alpha value is -2.76. The highest BCUT2D eigenvalue weighted by Crippen LogP contribution is 2.30. The molecule has 0 unspecified atom stereocenters. The number of aryl methyl sites for hydroxylation is 1. The minimum Gasteiger partial charge on any atom is -0.478 e. The van der Waals surface area contributed by atoms with Crippen molar-refractivity contribution in [2.24, 2.45) is 0 Å². The van der Waals surface area contributed by atoms with E-state index in [4.69, 9.17) is 0 Å². The van der Waals surface area contributed by atoms with E-state index in [-0.39, 0.29) is 17.4 Å². The second-order valence-corrected chi connectivity index (χ2v) is 6.36. The predicted molar refractivity (Wildman–Crippen MR) is 93.4 cm³/mol. The first-order valence-corrected chi connectivity index (χ1v) is 8.39. The highest BCUT2D eigenvalue weighted by Gasteiger charge is 2.24. The van der Waals surface area contributed by atoms with Crippen molar-refractivity contribution in [2.45, 2.75) is 32.6 Å². The molecule has 0 aliphatic carbocycles. The van der Waals surface area contributed by atoms with Crippen molar-refractivity contribution >= 4 is 11.9 Å². The number of likely N-dealkylation sites (tertiary alicyclic amines) is 1. The van der Waals surface area contributed by atoms with Crippen LogP contribution in [0.2, 0.25) is 0 Å². The summed E-state index contributed by atoms with van der Waals surface area (Å²) < 4.78 is 0. The standard InChI is InChI=1S/C19H21N3O3/c1-12-20-17(14-7-9-22(10-8-14)13(2)23)11-18(21-12)15-5-3-4-6-16(15)19(24)25/h3-6,11,14H,7-10H2,1-2H3,(H,24,25). The number of benzene rings is 1. The Balaban J connectivity index is 1.92. The molecule has 0 spiro atoms. The third kappa shape index (κ3) is 3.68. The molecule has 6 heteroatoms. The molecule has 25 heavy (non-hydrogen) atoms. The van der Waals surface area contributed by atoms with Crippen LogP contribution in [0.4, 0.5) is 0 Å². The van der Waals surface area contributed by atoms with Gasteiger partial charge in [-0.05, 0) is 31.9 Å². The third-order valence-electron chi connectivity index (χ3n) is 4.65. The number of rotatable bonds is 3. The fourth-order valence-corrected chi connectivity index (χ4v) is 3.32. The molecule has 1 N–H and O–H groups in total. The van der Waals surface area contributed by atoms with Crippen molar-refractivity contribution in [1.82, 2.24) is 14.9 Å². The number of carboxylic acid groups (broad SMARTS) is 1. The Morgan fingerprint density at radius 2 is 1.84 bits per heavy atom. The van der Waals surface area contributed by atoms with Gasteiger partial charge in [-0.25, -0.2) is 14.8 Å². The Kier molecular flexibility index (Phi) is 4.79. The summed E-state index contributed by atoms with van der Waals surface area (Å²) in [6.45, 7) is 4.87. The summed E-state index contributed by atoms with van der Waals surface area (Å²) in [5.41, 5.74) is 2.39. The molecule has 1 aromatic carbocycles. The van der Waals surface area contributed by atoms with Gasteiger partial charge in [-0.1, -0.05) is 18.2 Å². The molecule has 1 aliphatic heterocycles. The van der Waals surface area contributed by atoms with E-state index < -0.39 is 5.97 Å². The van der Waals surface area contributed by atoms with E-state index in [1.165, 1.54) is 0 Å². The van der Waals surface area contributed by atoms with Crippen LogP contribution in [0.3, 0.4) is 0 Å². The van der Waals surface area contributed by atoms with Gasteiger partial charge in [0.2, 0.25) is 5.91 Å². The van der Waals surface area contributed by atoms with E-state index in [2.05, 4.69) is 9.97 Å². The predicted octanol–water partition coefficient (Wildman–Crippen LogP) is 2.88. The molecule has 0 saturated carbocycles. The molecule has 0 radical (unpaired) electrons. The second-order valence-electron chi connectivity index (χ2n) is 6.36. The fourth-order valence-electron chi connectivity index (χ4n) is 3.32. The van der Waals surface area contributed by atoms with E-state index in [1.807, 2.05) is 24.0 Å². The van der Waals surface area contributed by atoms with E-state index in [0.717, 1.165) is 31.6 Å². The Morgan fingerprint density at radius 1 is 1.16 bits per heavy atom. The minimum atomic E-state index is -0.969. The van der Waals surface area contributed by atoms with Gasteiger partial charge in [-0.15, -0.1) is 0 Å². The van der Waals surface area contributed by atoms with Crippen LogP contribution in [-0.4, -0.2) is 44.9 Å². The maximum atomic E-state index is 11.5. The Morgan fingerprint density at radius 3 is 2.48 bits per heavy atom. The average molecular weight is 339 g/mol. The van der Waals surface area contributed by atoms with Crippen LogP contribution in [0.15, 0.2) is 30.3 Å². The first-order chi connectivity index (χ1) is 12.0. The molecule has 2 heterocycles. The van der Waals surface area contributed by atoms with Gasteiger partial charge in [-0.2, -0.15) is 0 Å². The van der Waals surface area contributed by atoms with Crippen LogP contribution in [0, 0.1) is 6.92 Å². The zero-order valence-corrected chi connectivity index (χ0v) is 14.4. The number of hydrogen-bond donors (Lipinski definition) is 1. The van der Waals surface area contributed by atoms with Gasteiger partial charge in [0.15, 0.2) is 0 Å². The maximum Gasteiger partial charge on any atom is 0.336 e. The first kappa shape index (κ1) is 17.1. The number of amides is 1. The molecule has 0 bridgehead atoms. The van der Waals surface area contributed by atoms with E-state index in [1.54, 1.807) is 25.1 Å². The normalized spacial score (nSPS) is 15.2. The number of aromatic carboxylic acids is 1. The topological polar surface area (TPSA) is 83.4 Å². The number of nitrogens with zero attached hydrogens (tertiary/aromatic N) is 3. The maximum absolute atomic E-state index is 11.5. The van der Waals surface area contributed by atoms with Gasteiger partial charge < -0.3 is 10.0 Å². The average Bonchev–Trinajstić information content (AvgIpc) is 2.61. The second kappa shape index (κ2) is 7.01. The monoisotopic (exact) mass is 339 g/mol. The zero-order chi connectivity index (χ0) is 18.0. The summed E-state index contributed by atoms with van der Waals surface area (Å²) in [6, 6.07) is 8.76. The largest absolute Gasteiger partial charge is 0.478 e. The van der Waals surface area contributed by atoms with E-state index in [0.29, 0.717) is 17.1 Å². The van der Waals surface area contributed by atoms with Gasteiger partial charge in [-0.3, -0.25) is 4.79 Å². The summed E-state index contributed by atoms with van der Waals surface area (Å²) in [5, 5.41) is 9.41. The SMILES string of the molecule is CC(=O)N1CCC(c2cc(-c3ccccc3C(=O)O)nc(C)n2)CC1. The van der Waals surface area contributed by atoms with Gasteiger partial charge in [0, 0.05) is 37.2 Å². The van der Waals surface area contributed by atoms with E-state index in [9.17, 15) is 14.7 Å². The molecule has 1 aromatic heterocycles. The quantitative estimate of drug-likeness (QED) is 0.929. The lowest BCUT2D eigenvalue weighted by molar-refractivity contribution is -0.129. The van der Waals surface area contributed by atoms with Crippen LogP contribution in [0.25, 0.3) is 11.3 Å². The smallest absolute Gasteiger partial charge is 0.336 e. The number of carbonyl (C=O) groups excluding carboxylic acids is 1. The molecule has 1 amide bonds. The van der Waals surface area contributed by atoms with Gasteiger partial charge in [0.1, 0.15) is 5.82 Å². The first-order valence-electron chi connectivity index (χ1n) is 8.39. The van der Waals surface area contributed by atoms with Gasteiger partial charge >= 0.3 is 5.97 Å². The lowest BCUT2D eigenvalue weighted by Gasteiger charge is -2.31. The van der Waals surface area contributed by atoms with Crippen molar-refractivity contribution in [2.75, 3.05) is 13.1 Å². The molecule has 1 saturated heterocycles. The van der Waals surface area contributed by atoms with Crippen molar-refractivity contribution in [3.8, 4) is 11.3 Å². The Labute approximate surface area is 146 Å². The molecule has 2 aromatic rings. The molecule has 6 nitrogen and oxygen atoms in total. The highest BCUT2D eigenvalue weighted by atomic mass is 16.4. The summed E-state index contributed by atoms with van der Waals surface area (Å²) in [5.74, 6) is 0.0197. The summed E-state index contributed by atoms with van der Waals surface area (Å²) in [4.78, 5) is 33.8. The molecular formula is C19H21N3O3. The molecule has 130 valence electrons. The molecule has 0 atom stereocenters. The third-order valence-corrected chi connectivity index (χ3v) is 4.65. The van der Waals surface area contributed by atoms with Crippen LogP contribution < -0.4 is 0 Å². The van der Waals surface area contributed by atoms with Crippen molar-refractivity contribution < 1.29 is 14.7 Å². The van der Waals surface area contributed by atoms with Crippen LogP contribution in [0.5, 0.6) is 0 Å². The lowest BCUT2D eigenvalue weighted by Crippen LogP contribution is -2.36. The van der Waals surface area contributed by atoms with Crippen LogP contribution >= 0.6 is 0 Å². The number of aromatic nitrogens is 2. The van der Waals surface area contributed by atoms with Gasteiger partial charge in [0.05, 0.1) is 11.3 Å². The van der Waals surface area contributed by atoms with E-state index >= 15 is 0 Å². The number of carboxylic acids is 1. The van der Waals surface area contributed by atoms with Crippen LogP contribution in [0.1, 0.15) is 47.6 Å². The number of hydrogen-bond acceptors (Lipinski definition) is 4. The van der Waals surface area contributed by atoms with Crippen LogP contribution in [-0.2, 0) is 4.79 Å². The summed E-state index contributed by atoms with van der Waals surface area (Å²) in [6.07, 6.45) is 1.71. The molecule has 1 fully saturated rings. The number of piperidine rings is 1. The number of carbonyl (C=O) groups is 2. The summed E-state index contributed by atoms with van der Waals surface area (Å²) in [7, 11) is 0. The zero-order valence-electron chi connectivity index (χ0n) is 14.4. The fraction of sp³-hybridized carbons (Fsp3) is 0.368. The minimum absolute atomic E-state index is 0.105. The Bertz CT molecular complexity index is 811. The van der Waals surface area contributed by atoms with Crippen molar-refractivity contribution in [3.63, 3.8) is 0 Å². The highest BCUT2D eigenvalue weighted by molar-refractivity contribution is 5.95. The van der Waals surface area contributed by atoms with Gasteiger partial charge in [0.25, 0.3) is 0 Å². The van der Waals surface area contributed by atoms with Crippen molar-refractivity contribution in [3.05, 3.63) is 47.4 Å². The lowest BCUT2D eigenvalue weighted by atomic mass is 9.92. The summed E-state index contributed by atoms with van der Waals surface area (Å²) >= 11 is 0. The molecule has 3 rings (SSSR count).